The summed E-state index contributed by atoms with van der Waals surface area (Å²) in [5, 5.41) is 3.07. The van der Waals surface area contributed by atoms with Gasteiger partial charge in [-0.25, -0.2) is 0 Å². The first kappa shape index (κ1) is 16.4. The standard InChI is InChI=1S/C15H31N3O/c1-14(2,3)12(16)10-13(19)17-11-15(4)6-8-18(5)9-7-15/h12H,6-11,16H2,1-5H3,(H,17,19). The van der Waals surface area contributed by atoms with Gasteiger partial charge in [0, 0.05) is 19.0 Å². The second-order valence-electron chi connectivity index (χ2n) is 7.57. The SMILES string of the molecule is CN1CCC(C)(CNC(=O)CC(N)C(C)(C)C)CC1. The zero-order valence-electron chi connectivity index (χ0n) is 13.3. The molecule has 0 aliphatic carbocycles. The van der Waals surface area contributed by atoms with Gasteiger partial charge in [-0.05, 0) is 43.8 Å². The Bertz CT molecular complexity index is 301. The summed E-state index contributed by atoms with van der Waals surface area (Å²) in [6.45, 7) is 11.5. The fourth-order valence-corrected chi connectivity index (χ4v) is 2.23. The Balaban J connectivity index is 2.34. The lowest BCUT2D eigenvalue weighted by Crippen LogP contribution is -2.45. The monoisotopic (exact) mass is 269 g/mol. The molecule has 4 heteroatoms. The molecule has 1 unspecified atom stereocenters. The highest BCUT2D eigenvalue weighted by atomic mass is 16.1. The molecule has 1 heterocycles. The van der Waals surface area contributed by atoms with E-state index in [2.05, 4.69) is 45.0 Å². The van der Waals surface area contributed by atoms with Crippen LogP contribution in [0, 0.1) is 10.8 Å². The predicted octanol–water partition coefficient (Wildman–Crippen LogP) is 1.60. The zero-order valence-corrected chi connectivity index (χ0v) is 13.3. The molecular weight excluding hydrogens is 238 g/mol. The number of nitrogens with two attached hydrogens (primary N) is 1. The van der Waals surface area contributed by atoms with Crippen LogP contribution in [0.4, 0.5) is 0 Å². The quantitative estimate of drug-likeness (QED) is 0.815. The van der Waals surface area contributed by atoms with Gasteiger partial charge in [0.05, 0.1) is 0 Å². The van der Waals surface area contributed by atoms with Gasteiger partial charge in [0.15, 0.2) is 0 Å². The van der Waals surface area contributed by atoms with Gasteiger partial charge in [-0.15, -0.1) is 0 Å². The average molecular weight is 269 g/mol. The van der Waals surface area contributed by atoms with Crippen LogP contribution in [0.3, 0.4) is 0 Å². The third kappa shape index (κ3) is 5.49. The molecule has 112 valence electrons. The summed E-state index contributed by atoms with van der Waals surface area (Å²) in [6.07, 6.45) is 2.71. The number of hydrogen-bond donors (Lipinski definition) is 2. The normalized spacial score (nSPS) is 22.0. The Morgan fingerprint density at radius 3 is 2.37 bits per heavy atom. The fourth-order valence-electron chi connectivity index (χ4n) is 2.23. The van der Waals surface area contributed by atoms with Crippen molar-refractivity contribution in [2.75, 3.05) is 26.7 Å². The van der Waals surface area contributed by atoms with Gasteiger partial charge in [0.2, 0.25) is 5.91 Å². The molecule has 0 radical (unpaired) electrons. The van der Waals surface area contributed by atoms with Crippen molar-refractivity contribution in [2.45, 2.75) is 53.0 Å². The number of likely N-dealkylation sites (tertiary alicyclic amines) is 1. The molecule has 4 nitrogen and oxygen atoms in total. The Labute approximate surface area is 118 Å². The molecule has 1 fully saturated rings. The minimum atomic E-state index is -0.0854. The second-order valence-corrected chi connectivity index (χ2v) is 7.57. The summed E-state index contributed by atoms with van der Waals surface area (Å²) >= 11 is 0. The smallest absolute Gasteiger partial charge is 0.221 e. The number of rotatable bonds is 4. The van der Waals surface area contributed by atoms with E-state index in [0.717, 1.165) is 32.5 Å². The van der Waals surface area contributed by atoms with Crippen LogP contribution in [-0.4, -0.2) is 43.5 Å². The van der Waals surface area contributed by atoms with E-state index in [1.54, 1.807) is 0 Å². The zero-order chi connectivity index (χ0) is 14.7. The van der Waals surface area contributed by atoms with Crippen LogP contribution in [0.5, 0.6) is 0 Å². The number of hydrogen-bond acceptors (Lipinski definition) is 3. The highest BCUT2D eigenvalue weighted by molar-refractivity contribution is 5.76. The van der Waals surface area contributed by atoms with E-state index in [0.29, 0.717) is 6.42 Å². The maximum atomic E-state index is 11.9. The first-order valence-electron chi connectivity index (χ1n) is 7.33. The second kappa shape index (κ2) is 6.23. The minimum absolute atomic E-state index is 0.0191. The molecule has 0 aromatic heterocycles. The lowest BCUT2D eigenvalue weighted by Gasteiger charge is -2.38. The molecule has 0 bridgehead atoms. The van der Waals surface area contributed by atoms with Crippen LogP contribution in [0.2, 0.25) is 0 Å². The third-order valence-corrected chi connectivity index (χ3v) is 4.42. The Kier molecular flexibility index (Phi) is 5.39. The van der Waals surface area contributed by atoms with Crippen LogP contribution in [0.1, 0.15) is 47.0 Å². The first-order chi connectivity index (χ1) is 8.62. The average Bonchev–Trinajstić information content (AvgIpc) is 2.30. The number of piperidine rings is 1. The molecule has 0 aromatic carbocycles. The van der Waals surface area contributed by atoms with Gasteiger partial charge in [-0.2, -0.15) is 0 Å². The molecule has 1 atom stereocenters. The summed E-state index contributed by atoms with van der Waals surface area (Å²) in [7, 11) is 2.15. The lowest BCUT2D eigenvalue weighted by molar-refractivity contribution is -0.122. The van der Waals surface area contributed by atoms with Crippen LogP contribution >= 0.6 is 0 Å². The van der Waals surface area contributed by atoms with Crippen LogP contribution < -0.4 is 11.1 Å². The van der Waals surface area contributed by atoms with E-state index >= 15 is 0 Å². The number of nitrogens with zero attached hydrogens (tertiary/aromatic N) is 1. The number of nitrogens with one attached hydrogen (secondary N) is 1. The molecule has 1 amide bonds. The summed E-state index contributed by atoms with van der Waals surface area (Å²) in [5.74, 6) is 0.0857. The molecule has 19 heavy (non-hydrogen) atoms. The summed E-state index contributed by atoms with van der Waals surface area (Å²) in [4.78, 5) is 14.3. The molecule has 1 aliphatic rings. The van der Waals surface area contributed by atoms with Crippen molar-refractivity contribution in [3.8, 4) is 0 Å². The maximum absolute atomic E-state index is 11.9. The van der Waals surface area contributed by atoms with Gasteiger partial charge >= 0.3 is 0 Å². The van der Waals surface area contributed by atoms with E-state index in [1.165, 1.54) is 0 Å². The van der Waals surface area contributed by atoms with Crippen LogP contribution in [0.15, 0.2) is 0 Å². The number of amides is 1. The maximum Gasteiger partial charge on any atom is 0.221 e. The molecule has 1 aliphatic heterocycles. The molecule has 1 rings (SSSR count). The van der Waals surface area contributed by atoms with Crippen molar-refractivity contribution in [3.63, 3.8) is 0 Å². The number of carbonyl (C=O) groups excluding carboxylic acids is 1. The van der Waals surface area contributed by atoms with E-state index in [-0.39, 0.29) is 22.8 Å². The van der Waals surface area contributed by atoms with Gasteiger partial charge in [0.25, 0.3) is 0 Å². The molecular formula is C15H31N3O. The predicted molar refractivity (Wildman–Crippen MR) is 79.9 cm³/mol. The van der Waals surface area contributed by atoms with E-state index < -0.39 is 0 Å². The van der Waals surface area contributed by atoms with E-state index in [4.69, 9.17) is 5.73 Å². The van der Waals surface area contributed by atoms with Crippen LogP contribution in [0.25, 0.3) is 0 Å². The first-order valence-corrected chi connectivity index (χ1v) is 7.33. The Morgan fingerprint density at radius 1 is 1.37 bits per heavy atom. The van der Waals surface area contributed by atoms with Gasteiger partial charge in [-0.3, -0.25) is 4.79 Å². The van der Waals surface area contributed by atoms with Crippen molar-refractivity contribution in [3.05, 3.63) is 0 Å². The lowest BCUT2D eigenvalue weighted by atomic mass is 9.80. The van der Waals surface area contributed by atoms with Gasteiger partial charge in [-0.1, -0.05) is 27.7 Å². The van der Waals surface area contributed by atoms with Crippen molar-refractivity contribution in [1.29, 1.82) is 0 Å². The molecule has 0 aromatic rings. The fraction of sp³-hybridized carbons (Fsp3) is 0.933. The topological polar surface area (TPSA) is 58.4 Å². The van der Waals surface area contributed by atoms with Crippen molar-refractivity contribution in [1.82, 2.24) is 10.2 Å². The summed E-state index contributed by atoms with van der Waals surface area (Å²) in [5.41, 5.74) is 6.27. The van der Waals surface area contributed by atoms with Crippen LogP contribution in [-0.2, 0) is 4.79 Å². The minimum Gasteiger partial charge on any atom is -0.356 e. The molecule has 0 saturated carbocycles. The Morgan fingerprint density at radius 2 is 1.89 bits per heavy atom. The van der Waals surface area contributed by atoms with Gasteiger partial charge in [0.1, 0.15) is 0 Å². The molecule has 0 spiro atoms. The summed E-state index contributed by atoms with van der Waals surface area (Å²) in [6, 6.07) is -0.0854. The largest absolute Gasteiger partial charge is 0.356 e. The Hall–Kier alpha value is -0.610. The third-order valence-electron chi connectivity index (χ3n) is 4.42. The van der Waals surface area contributed by atoms with Crippen molar-refractivity contribution >= 4 is 5.91 Å². The van der Waals surface area contributed by atoms with Crippen molar-refractivity contribution < 1.29 is 4.79 Å². The highest BCUT2D eigenvalue weighted by Gasteiger charge is 2.30. The van der Waals surface area contributed by atoms with Gasteiger partial charge < -0.3 is 16.0 Å². The van der Waals surface area contributed by atoms with Crippen molar-refractivity contribution in [2.24, 2.45) is 16.6 Å². The molecule has 1 saturated heterocycles. The summed E-state index contributed by atoms with van der Waals surface area (Å²) < 4.78 is 0. The number of carbonyl (C=O) groups is 1. The van der Waals surface area contributed by atoms with E-state index in [9.17, 15) is 4.79 Å². The van der Waals surface area contributed by atoms with E-state index in [1.807, 2.05) is 0 Å². The molecule has 3 N–H and O–H groups in total. The highest BCUT2D eigenvalue weighted by Crippen LogP contribution is 2.29.